The van der Waals surface area contributed by atoms with E-state index in [2.05, 4.69) is 0 Å². The average molecular weight is 268 g/mol. The fraction of sp³-hybridized carbons (Fsp3) is 0.786. The zero-order chi connectivity index (χ0) is 13.3. The Bertz CT molecular complexity index is 372. The van der Waals surface area contributed by atoms with Crippen LogP contribution in [0.25, 0.3) is 0 Å². The minimum Gasteiger partial charge on any atom is -0.493 e. The molecule has 106 valence electrons. The summed E-state index contributed by atoms with van der Waals surface area (Å²) in [5.41, 5.74) is 0. The van der Waals surface area contributed by atoms with E-state index < -0.39 is 5.79 Å². The maximum absolute atomic E-state index is 11.2. The number of rotatable bonds is 1. The average Bonchev–Trinajstić information content (AvgIpc) is 2.40. The summed E-state index contributed by atoms with van der Waals surface area (Å²) in [4.78, 5) is 11.2. The standard InChI is InChI=1S/C14H20O5/c1-10(15)18-11-5-8-16-12-9-17-14(19-13(11)12)6-3-2-4-7-14/h5,8,11-13H,2-4,6-7,9H2,1H3/t11-,12-,13+/m1/s1. The van der Waals surface area contributed by atoms with Gasteiger partial charge in [0, 0.05) is 19.8 Å². The van der Waals surface area contributed by atoms with Gasteiger partial charge < -0.3 is 18.9 Å². The Balaban J connectivity index is 1.74. The first-order chi connectivity index (χ1) is 9.19. The Kier molecular flexibility index (Phi) is 3.50. The second-order valence-corrected chi connectivity index (χ2v) is 5.44. The van der Waals surface area contributed by atoms with Crippen LogP contribution in [0.5, 0.6) is 0 Å². The minimum absolute atomic E-state index is 0.193. The smallest absolute Gasteiger partial charge is 0.303 e. The SMILES string of the molecule is CC(=O)O[C@@H]1C=CO[C@@H]2COC3(CCCCC3)O[C@@H]12. The Morgan fingerprint density at radius 1 is 1.32 bits per heavy atom. The van der Waals surface area contributed by atoms with Gasteiger partial charge in [-0.1, -0.05) is 6.42 Å². The van der Waals surface area contributed by atoms with E-state index in [1.54, 1.807) is 12.3 Å². The summed E-state index contributed by atoms with van der Waals surface area (Å²) in [5, 5.41) is 0. The molecule has 5 heteroatoms. The van der Waals surface area contributed by atoms with E-state index in [-0.39, 0.29) is 24.3 Å². The van der Waals surface area contributed by atoms with Gasteiger partial charge in [0.15, 0.2) is 18.0 Å². The van der Waals surface area contributed by atoms with Crippen molar-refractivity contribution in [1.82, 2.24) is 0 Å². The molecule has 3 aliphatic rings. The van der Waals surface area contributed by atoms with Crippen molar-refractivity contribution in [3.63, 3.8) is 0 Å². The van der Waals surface area contributed by atoms with Crippen LogP contribution in [0.4, 0.5) is 0 Å². The molecule has 0 radical (unpaired) electrons. The van der Waals surface area contributed by atoms with Crippen LogP contribution >= 0.6 is 0 Å². The molecule has 0 amide bonds. The van der Waals surface area contributed by atoms with Gasteiger partial charge in [-0.25, -0.2) is 0 Å². The Morgan fingerprint density at radius 2 is 2.11 bits per heavy atom. The predicted octanol–water partition coefficient (Wildman–Crippen LogP) is 1.91. The highest BCUT2D eigenvalue weighted by molar-refractivity contribution is 5.66. The topological polar surface area (TPSA) is 54.0 Å². The van der Waals surface area contributed by atoms with Gasteiger partial charge in [-0.3, -0.25) is 4.79 Å². The number of hydrogen-bond acceptors (Lipinski definition) is 5. The van der Waals surface area contributed by atoms with Gasteiger partial charge in [-0.05, 0) is 18.9 Å². The lowest BCUT2D eigenvalue weighted by Crippen LogP contribution is -2.58. The zero-order valence-corrected chi connectivity index (χ0v) is 11.2. The molecule has 0 N–H and O–H groups in total. The summed E-state index contributed by atoms with van der Waals surface area (Å²) in [5.74, 6) is -0.796. The number of esters is 1. The second kappa shape index (κ2) is 5.13. The van der Waals surface area contributed by atoms with Crippen LogP contribution < -0.4 is 0 Å². The van der Waals surface area contributed by atoms with Crippen molar-refractivity contribution in [3.05, 3.63) is 12.3 Å². The third-order valence-corrected chi connectivity index (χ3v) is 3.99. The summed E-state index contributed by atoms with van der Waals surface area (Å²) in [6, 6.07) is 0. The van der Waals surface area contributed by atoms with E-state index in [1.807, 2.05) is 0 Å². The molecule has 3 atom stereocenters. The van der Waals surface area contributed by atoms with Gasteiger partial charge in [0.05, 0.1) is 12.9 Å². The van der Waals surface area contributed by atoms with Crippen LogP contribution in [-0.2, 0) is 23.7 Å². The molecule has 5 nitrogen and oxygen atoms in total. The van der Waals surface area contributed by atoms with Gasteiger partial charge >= 0.3 is 5.97 Å². The molecule has 0 unspecified atom stereocenters. The van der Waals surface area contributed by atoms with Crippen molar-refractivity contribution in [2.75, 3.05) is 6.61 Å². The lowest BCUT2D eigenvalue weighted by molar-refractivity contribution is -0.343. The van der Waals surface area contributed by atoms with Crippen molar-refractivity contribution in [2.45, 2.75) is 63.1 Å². The third kappa shape index (κ3) is 2.62. The number of fused-ring (bicyclic) bond motifs is 1. The third-order valence-electron chi connectivity index (χ3n) is 3.99. The molecule has 1 spiro atoms. The van der Waals surface area contributed by atoms with E-state index in [0.717, 1.165) is 25.7 Å². The lowest BCUT2D eigenvalue weighted by atomic mass is 9.92. The molecule has 2 aliphatic heterocycles. The predicted molar refractivity (Wildman–Crippen MR) is 66.2 cm³/mol. The van der Waals surface area contributed by atoms with E-state index in [4.69, 9.17) is 18.9 Å². The minimum atomic E-state index is -0.494. The van der Waals surface area contributed by atoms with Crippen molar-refractivity contribution in [2.24, 2.45) is 0 Å². The molecule has 0 aromatic heterocycles. The van der Waals surface area contributed by atoms with E-state index in [1.165, 1.54) is 13.3 Å². The molecule has 3 rings (SSSR count). The molecule has 19 heavy (non-hydrogen) atoms. The molecule has 1 saturated carbocycles. The van der Waals surface area contributed by atoms with Crippen LogP contribution in [0.15, 0.2) is 12.3 Å². The largest absolute Gasteiger partial charge is 0.493 e. The Hall–Kier alpha value is -1.07. The van der Waals surface area contributed by atoms with E-state index in [0.29, 0.717) is 6.61 Å². The summed E-state index contributed by atoms with van der Waals surface area (Å²) < 4.78 is 22.9. The molecule has 0 aromatic rings. The molecular weight excluding hydrogens is 248 g/mol. The maximum atomic E-state index is 11.2. The van der Waals surface area contributed by atoms with Gasteiger partial charge in [0.1, 0.15) is 6.10 Å². The van der Waals surface area contributed by atoms with Crippen molar-refractivity contribution in [1.29, 1.82) is 0 Å². The summed E-state index contributed by atoms with van der Waals surface area (Å²) in [7, 11) is 0. The van der Waals surface area contributed by atoms with E-state index in [9.17, 15) is 4.79 Å². The first-order valence-electron chi connectivity index (χ1n) is 7.00. The molecule has 2 heterocycles. The van der Waals surface area contributed by atoms with Crippen molar-refractivity contribution >= 4 is 5.97 Å². The maximum Gasteiger partial charge on any atom is 0.303 e. The molecule has 1 saturated heterocycles. The molecule has 1 aliphatic carbocycles. The number of hydrogen-bond donors (Lipinski definition) is 0. The number of ether oxygens (including phenoxy) is 4. The fourth-order valence-electron chi connectivity index (χ4n) is 3.07. The highest BCUT2D eigenvalue weighted by Gasteiger charge is 2.48. The second-order valence-electron chi connectivity index (χ2n) is 5.44. The summed E-state index contributed by atoms with van der Waals surface area (Å²) >= 11 is 0. The van der Waals surface area contributed by atoms with Crippen LogP contribution in [0, 0.1) is 0 Å². The number of carbonyl (C=O) groups excluding carboxylic acids is 1. The summed E-state index contributed by atoms with van der Waals surface area (Å²) in [6.45, 7) is 1.90. The highest BCUT2D eigenvalue weighted by atomic mass is 16.7. The first-order valence-corrected chi connectivity index (χ1v) is 7.00. The Labute approximate surface area is 112 Å². The van der Waals surface area contributed by atoms with Gasteiger partial charge in [-0.15, -0.1) is 0 Å². The molecule has 2 fully saturated rings. The first kappa shape index (κ1) is 12.9. The highest BCUT2D eigenvalue weighted by Crippen LogP contribution is 2.39. The van der Waals surface area contributed by atoms with Crippen molar-refractivity contribution in [3.8, 4) is 0 Å². The van der Waals surface area contributed by atoms with Crippen LogP contribution in [0.1, 0.15) is 39.0 Å². The number of carbonyl (C=O) groups is 1. The van der Waals surface area contributed by atoms with Crippen LogP contribution in [0.3, 0.4) is 0 Å². The lowest BCUT2D eigenvalue weighted by Gasteiger charge is -2.48. The van der Waals surface area contributed by atoms with Gasteiger partial charge in [0.25, 0.3) is 0 Å². The van der Waals surface area contributed by atoms with Gasteiger partial charge in [0.2, 0.25) is 0 Å². The monoisotopic (exact) mass is 268 g/mol. The normalized spacial score (nSPS) is 36.4. The molecule has 0 bridgehead atoms. The molecule has 0 aromatic carbocycles. The van der Waals surface area contributed by atoms with Crippen LogP contribution in [0.2, 0.25) is 0 Å². The van der Waals surface area contributed by atoms with E-state index >= 15 is 0 Å². The van der Waals surface area contributed by atoms with Crippen LogP contribution in [-0.4, -0.2) is 36.7 Å². The Morgan fingerprint density at radius 3 is 2.84 bits per heavy atom. The molecular formula is C14H20O5. The quantitative estimate of drug-likeness (QED) is 0.680. The zero-order valence-electron chi connectivity index (χ0n) is 11.2. The summed E-state index contributed by atoms with van der Waals surface area (Å²) in [6.07, 6.45) is 7.76. The van der Waals surface area contributed by atoms with Crippen molar-refractivity contribution < 1.29 is 23.7 Å². The van der Waals surface area contributed by atoms with Gasteiger partial charge in [-0.2, -0.15) is 0 Å². The fourth-order valence-corrected chi connectivity index (χ4v) is 3.07.